The third-order valence-corrected chi connectivity index (χ3v) is 4.07. The lowest BCUT2D eigenvalue weighted by atomic mass is 9.91. The van der Waals surface area contributed by atoms with Crippen molar-refractivity contribution in [1.29, 1.82) is 0 Å². The van der Waals surface area contributed by atoms with Crippen LogP contribution in [-0.4, -0.2) is 24.4 Å². The van der Waals surface area contributed by atoms with Gasteiger partial charge in [-0.3, -0.25) is 9.69 Å². The van der Waals surface area contributed by atoms with Crippen LogP contribution < -0.4 is 4.90 Å². The first-order chi connectivity index (χ1) is 11.4. The van der Waals surface area contributed by atoms with Crippen LogP contribution in [0.3, 0.4) is 0 Å². The van der Waals surface area contributed by atoms with E-state index < -0.39 is 6.09 Å². The SMILES string of the molecule is CC(C)c1nc2c(c(-c3ccc(F)cc3)c1C=O)COC(=O)N2C. The molecule has 0 radical (unpaired) electrons. The summed E-state index contributed by atoms with van der Waals surface area (Å²) in [5.74, 6) is 0.0999. The average Bonchev–Trinajstić information content (AvgIpc) is 2.57. The lowest BCUT2D eigenvalue weighted by Gasteiger charge is -2.28. The minimum atomic E-state index is -0.492. The van der Waals surface area contributed by atoms with Gasteiger partial charge in [-0.2, -0.15) is 0 Å². The number of ether oxygens (including phenoxy) is 1. The second kappa shape index (κ2) is 6.03. The van der Waals surface area contributed by atoms with E-state index in [-0.39, 0.29) is 18.3 Å². The summed E-state index contributed by atoms with van der Waals surface area (Å²) in [6.45, 7) is 3.88. The number of aromatic nitrogens is 1. The molecule has 0 atom stereocenters. The topological polar surface area (TPSA) is 59.5 Å². The fourth-order valence-corrected chi connectivity index (χ4v) is 2.88. The third kappa shape index (κ3) is 2.54. The van der Waals surface area contributed by atoms with Crippen LogP contribution in [0.2, 0.25) is 0 Å². The molecule has 6 heteroatoms. The highest BCUT2D eigenvalue weighted by Gasteiger charge is 2.30. The Labute approximate surface area is 139 Å². The number of hydrogen-bond donors (Lipinski definition) is 0. The van der Waals surface area contributed by atoms with Crippen LogP contribution in [0.5, 0.6) is 0 Å². The molecule has 0 bridgehead atoms. The third-order valence-electron chi connectivity index (χ3n) is 4.07. The van der Waals surface area contributed by atoms with Gasteiger partial charge in [0.1, 0.15) is 18.2 Å². The van der Waals surface area contributed by atoms with E-state index in [9.17, 15) is 14.0 Å². The van der Waals surface area contributed by atoms with Gasteiger partial charge in [0.25, 0.3) is 0 Å². The molecule has 2 heterocycles. The minimum absolute atomic E-state index is 0.0129. The van der Waals surface area contributed by atoms with E-state index in [0.29, 0.717) is 33.8 Å². The molecule has 24 heavy (non-hydrogen) atoms. The normalized spacial score (nSPS) is 13.7. The van der Waals surface area contributed by atoms with Crippen molar-refractivity contribution in [3.05, 3.63) is 46.9 Å². The van der Waals surface area contributed by atoms with Gasteiger partial charge in [-0.25, -0.2) is 14.2 Å². The van der Waals surface area contributed by atoms with Crippen LogP contribution in [0.25, 0.3) is 11.1 Å². The number of benzene rings is 1. The van der Waals surface area contributed by atoms with Crippen molar-refractivity contribution in [3.8, 4) is 11.1 Å². The highest BCUT2D eigenvalue weighted by molar-refractivity contribution is 5.96. The first-order valence-electron chi connectivity index (χ1n) is 7.62. The van der Waals surface area contributed by atoms with Gasteiger partial charge in [-0.15, -0.1) is 0 Å². The van der Waals surface area contributed by atoms with Crippen molar-refractivity contribution in [3.63, 3.8) is 0 Å². The second-order valence-corrected chi connectivity index (χ2v) is 5.98. The maximum atomic E-state index is 13.3. The predicted octanol–water partition coefficient (Wildman–Crippen LogP) is 3.91. The average molecular weight is 328 g/mol. The first kappa shape index (κ1) is 16.1. The summed E-state index contributed by atoms with van der Waals surface area (Å²) < 4.78 is 18.4. The molecule has 1 aliphatic heterocycles. The molecule has 0 fully saturated rings. The Morgan fingerprint density at radius 1 is 1.29 bits per heavy atom. The van der Waals surface area contributed by atoms with Crippen LogP contribution in [-0.2, 0) is 11.3 Å². The molecule has 0 saturated carbocycles. The van der Waals surface area contributed by atoms with Gasteiger partial charge in [0.15, 0.2) is 6.29 Å². The summed E-state index contributed by atoms with van der Waals surface area (Å²) in [5, 5.41) is 0. The molecular weight excluding hydrogens is 311 g/mol. The molecule has 5 nitrogen and oxygen atoms in total. The molecular formula is C18H17FN2O3. The maximum absolute atomic E-state index is 13.3. The standard InChI is InChI=1S/C18H17FN2O3/c1-10(2)16-13(8-22)15(11-4-6-12(19)7-5-11)14-9-24-18(23)21(3)17(14)20-16/h4-8,10H,9H2,1-3H3. The number of cyclic esters (lactones) is 1. The van der Waals surface area contributed by atoms with Crippen molar-refractivity contribution in [2.45, 2.75) is 26.4 Å². The van der Waals surface area contributed by atoms with Crippen LogP contribution in [0.15, 0.2) is 24.3 Å². The number of halogens is 1. The number of rotatable bonds is 3. The monoisotopic (exact) mass is 328 g/mol. The van der Waals surface area contributed by atoms with Crippen molar-refractivity contribution in [2.24, 2.45) is 0 Å². The van der Waals surface area contributed by atoms with Gasteiger partial charge < -0.3 is 4.74 Å². The number of nitrogens with zero attached hydrogens (tertiary/aromatic N) is 2. The Balaban J connectivity index is 2.36. The molecule has 0 unspecified atom stereocenters. The van der Waals surface area contributed by atoms with Crippen LogP contribution >= 0.6 is 0 Å². The zero-order chi connectivity index (χ0) is 17.4. The number of amides is 1. The Morgan fingerprint density at radius 2 is 1.96 bits per heavy atom. The minimum Gasteiger partial charge on any atom is -0.444 e. The zero-order valence-electron chi connectivity index (χ0n) is 13.7. The van der Waals surface area contributed by atoms with Crippen LogP contribution in [0.1, 0.15) is 41.4 Å². The summed E-state index contributed by atoms with van der Waals surface area (Å²) >= 11 is 0. The van der Waals surface area contributed by atoms with E-state index in [1.807, 2.05) is 13.8 Å². The number of anilines is 1. The zero-order valence-corrected chi connectivity index (χ0v) is 13.7. The summed E-state index contributed by atoms with van der Waals surface area (Å²) in [5.41, 5.74) is 3.02. The molecule has 0 N–H and O–H groups in total. The highest BCUT2D eigenvalue weighted by Crippen LogP contribution is 2.38. The fraction of sp³-hybridized carbons (Fsp3) is 0.278. The lowest BCUT2D eigenvalue weighted by Crippen LogP contribution is -2.34. The van der Waals surface area contributed by atoms with Gasteiger partial charge >= 0.3 is 6.09 Å². The summed E-state index contributed by atoms with van der Waals surface area (Å²) in [4.78, 5) is 29.5. The second-order valence-electron chi connectivity index (χ2n) is 5.98. The largest absolute Gasteiger partial charge is 0.444 e. The number of pyridine rings is 1. The van der Waals surface area contributed by atoms with Crippen LogP contribution in [0, 0.1) is 5.82 Å². The van der Waals surface area contributed by atoms with E-state index in [1.54, 1.807) is 19.2 Å². The molecule has 124 valence electrons. The first-order valence-corrected chi connectivity index (χ1v) is 7.62. The molecule has 0 aliphatic carbocycles. The number of carbonyl (C=O) groups is 2. The van der Waals surface area contributed by atoms with Crippen molar-refractivity contribution in [2.75, 3.05) is 11.9 Å². The summed E-state index contributed by atoms with van der Waals surface area (Å²) in [6.07, 6.45) is 0.270. The molecule has 0 saturated heterocycles. The highest BCUT2D eigenvalue weighted by atomic mass is 19.1. The molecule has 1 amide bonds. The predicted molar refractivity (Wildman–Crippen MR) is 87.7 cm³/mol. The molecule has 1 aromatic carbocycles. The Kier molecular flexibility index (Phi) is 4.05. The number of hydrogen-bond acceptors (Lipinski definition) is 4. The van der Waals surface area contributed by atoms with E-state index in [2.05, 4.69) is 4.98 Å². The maximum Gasteiger partial charge on any atom is 0.415 e. The fourth-order valence-electron chi connectivity index (χ4n) is 2.88. The number of fused-ring (bicyclic) bond motifs is 1. The van der Waals surface area contributed by atoms with Crippen molar-refractivity contribution < 1.29 is 18.7 Å². The van der Waals surface area contributed by atoms with Gasteiger partial charge in [0.05, 0.1) is 5.69 Å². The summed E-state index contributed by atoms with van der Waals surface area (Å²) in [6, 6.07) is 5.89. The smallest absolute Gasteiger partial charge is 0.415 e. The van der Waals surface area contributed by atoms with Gasteiger partial charge in [-0.1, -0.05) is 26.0 Å². The van der Waals surface area contributed by atoms with Crippen LogP contribution in [0.4, 0.5) is 15.0 Å². The van der Waals surface area contributed by atoms with Crippen molar-refractivity contribution in [1.82, 2.24) is 4.98 Å². The molecule has 1 aromatic heterocycles. The van der Waals surface area contributed by atoms with E-state index in [1.165, 1.54) is 17.0 Å². The van der Waals surface area contributed by atoms with Gasteiger partial charge in [0.2, 0.25) is 0 Å². The van der Waals surface area contributed by atoms with Crippen molar-refractivity contribution >= 4 is 18.2 Å². The number of carbonyl (C=O) groups excluding carboxylic acids is 2. The Hall–Kier alpha value is -2.76. The molecule has 3 rings (SSSR count). The van der Waals surface area contributed by atoms with E-state index in [4.69, 9.17) is 4.74 Å². The number of aldehydes is 1. The van der Waals surface area contributed by atoms with E-state index in [0.717, 1.165) is 6.29 Å². The van der Waals surface area contributed by atoms with Gasteiger partial charge in [0, 0.05) is 23.7 Å². The van der Waals surface area contributed by atoms with Gasteiger partial charge in [-0.05, 0) is 23.6 Å². The molecule has 1 aliphatic rings. The Morgan fingerprint density at radius 3 is 2.54 bits per heavy atom. The lowest BCUT2D eigenvalue weighted by molar-refractivity contribution is 0.112. The molecule has 2 aromatic rings. The summed E-state index contributed by atoms with van der Waals surface area (Å²) in [7, 11) is 1.58. The molecule has 0 spiro atoms. The quantitative estimate of drug-likeness (QED) is 0.802. The Bertz CT molecular complexity index is 816. The van der Waals surface area contributed by atoms with E-state index >= 15 is 0 Å².